The lowest BCUT2D eigenvalue weighted by atomic mass is 9.83. The fourth-order valence-electron chi connectivity index (χ4n) is 18.5. The molecule has 7 heterocycles. The Balaban J connectivity index is 0.880. The number of nitrogens with zero attached hydrogens (tertiary/aromatic N) is 7. The molecule has 4 aromatic heterocycles. The number of aliphatic carboxylic acids is 4. The van der Waals surface area contributed by atoms with Crippen molar-refractivity contribution in [2.24, 2.45) is 17.4 Å². The molecule has 16 amide bonds. The van der Waals surface area contributed by atoms with E-state index in [4.69, 9.17) is 11.5 Å². The van der Waals surface area contributed by atoms with Crippen LogP contribution in [-0.4, -0.2) is 381 Å². The van der Waals surface area contributed by atoms with Gasteiger partial charge >= 0.3 is 23.9 Å². The minimum atomic E-state index is -2.17. The Labute approximate surface area is 869 Å². The molecule has 14 atom stereocenters. The zero-order valence-corrected chi connectivity index (χ0v) is 84.8. The number of imidazole rings is 1. The van der Waals surface area contributed by atoms with E-state index < -0.39 is 240 Å². The number of H-pyrrole nitrogens is 3. The van der Waals surface area contributed by atoms with E-state index in [0.717, 1.165) is 37.9 Å². The van der Waals surface area contributed by atoms with Crippen molar-refractivity contribution in [1.29, 1.82) is 0 Å². The topological polar surface area (TPSA) is 740 Å². The quantitative estimate of drug-likeness (QED) is 0.0129. The molecule has 150 heavy (non-hydrogen) atoms. The lowest BCUT2D eigenvalue weighted by Crippen LogP contribution is -2.63. The van der Waals surface area contributed by atoms with Gasteiger partial charge in [0.1, 0.15) is 84.2 Å². The molecule has 7 aromatic rings. The molecule has 0 spiro atoms. The van der Waals surface area contributed by atoms with Gasteiger partial charge in [-0.3, -0.25) is 115 Å². The number of rotatable bonds is 40. The summed E-state index contributed by atoms with van der Waals surface area (Å²) in [5.41, 5.74) is 14.3. The number of para-hydroxylation sites is 1. The number of nitrogens with two attached hydrogens (primary N) is 2. The van der Waals surface area contributed by atoms with Gasteiger partial charge in [-0.2, -0.15) is 0 Å². The lowest BCUT2D eigenvalue weighted by Gasteiger charge is -2.33. The first-order valence-corrected chi connectivity index (χ1v) is 52.0. The summed E-state index contributed by atoms with van der Waals surface area (Å²) in [5.74, 6) is -23.2. The van der Waals surface area contributed by atoms with E-state index in [0.29, 0.717) is 65.2 Å². The van der Waals surface area contributed by atoms with Crippen molar-refractivity contribution in [1.82, 2.24) is 119 Å². The van der Waals surface area contributed by atoms with Crippen LogP contribution in [0.5, 0.6) is 0 Å². The van der Waals surface area contributed by atoms with Crippen LogP contribution in [0.4, 0.5) is 0 Å². The van der Waals surface area contributed by atoms with E-state index in [1.807, 2.05) is 6.07 Å². The number of nitrogens with one attached hydrogen (secondary N) is 16. The minimum absolute atomic E-state index is 0.00104. The molecular formula is C98H131N25O25S2. The van der Waals surface area contributed by atoms with Crippen LogP contribution in [0.2, 0.25) is 0 Å². The summed E-state index contributed by atoms with van der Waals surface area (Å²) in [5, 5.41) is 87.6. The number of aromatic amines is 3. The number of carboxylic acids is 4. The first-order chi connectivity index (χ1) is 71.7. The maximum atomic E-state index is 15.9. The number of unbranched alkanes of at least 4 members (excludes halogenated alkanes) is 1. The van der Waals surface area contributed by atoms with Crippen LogP contribution in [-0.2, 0) is 122 Å². The summed E-state index contributed by atoms with van der Waals surface area (Å²) < 4.78 is 0. The monoisotopic (exact) mass is 2120 g/mol. The SMILES string of the molecule is CC(=O)N[C@@H](Cc1c[nH]c2ccccc12)C(=O)NC(C(=O)N[C@H](C(=O)N[C@H]1CSSC[C@@H](C(=O)N[C@@H](Cc2c[nH]c3ncccc23)C(=O)N2CCC[C@H]2C(=O)N[C@H](CCCCNC(=O)CN2CCN(CC(=O)O)CCN(CC(=O)O)CCN(CC(=O)O)CC2)C(N)=O)NC(=O)[C@H](CC(=O)O)NC(=O)[C@H](Cc2cnc[nH]2)NC(=O)[C@H](Cc2ccc3ccccc3c2)NC(=O)[C@H](CC(N)=O)NC(=O)[C@H](C)NC1=O)C1CCCCC1)[C@@H](C)O. The van der Waals surface area contributed by atoms with Gasteiger partial charge in [0.15, 0.2) is 0 Å². The van der Waals surface area contributed by atoms with Crippen LogP contribution in [0.3, 0.4) is 0 Å². The first kappa shape index (κ1) is 116. The van der Waals surface area contributed by atoms with Crippen LogP contribution >= 0.6 is 21.6 Å². The third-order valence-corrected chi connectivity index (χ3v) is 28.8. The van der Waals surface area contributed by atoms with E-state index in [1.54, 1.807) is 98.6 Å². The van der Waals surface area contributed by atoms with Crippen molar-refractivity contribution in [3.05, 3.63) is 132 Å². The highest BCUT2D eigenvalue weighted by Crippen LogP contribution is 2.31. The number of carbonyl (C=O) groups excluding carboxylic acids is 16. The molecule has 1 unspecified atom stereocenters. The third kappa shape index (κ3) is 35.2. The molecule has 3 saturated heterocycles. The summed E-state index contributed by atoms with van der Waals surface area (Å²) in [6, 6.07) is 0.416. The molecule has 3 aliphatic heterocycles. The van der Waals surface area contributed by atoms with Gasteiger partial charge in [0.2, 0.25) is 94.5 Å². The third-order valence-electron chi connectivity index (χ3n) is 26.4. The van der Waals surface area contributed by atoms with Gasteiger partial charge in [0, 0.05) is 156 Å². The molecule has 810 valence electrons. The lowest BCUT2D eigenvalue weighted by molar-refractivity contribution is -0.143. The number of pyridine rings is 1. The number of hydrogen-bond donors (Lipinski definition) is 23. The molecule has 3 aromatic carbocycles. The molecule has 0 radical (unpaired) electrons. The van der Waals surface area contributed by atoms with E-state index in [2.05, 4.69) is 94.0 Å². The van der Waals surface area contributed by atoms with Crippen molar-refractivity contribution in [2.45, 2.75) is 208 Å². The van der Waals surface area contributed by atoms with Crippen LogP contribution in [0, 0.1) is 5.92 Å². The summed E-state index contributed by atoms with van der Waals surface area (Å²) in [6.07, 6.45) is 4.98. The molecule has 52 heteroatoms. The van der Waals surface area contributed by atoms with Crippen molar-refractivity contribution >= 4 is 173 Å². The zero-order chi connectivity index (χ0) is 108. The van der Waals surface area contributed by atoms with Gasteiger partial charge in [-0.15, -0.1) is 0 Å². The van der Waals surface area contributed by atoms with Gasteiger partial charge in [-0.25, -0.2) is 9.97 Å². The number of hydrogen-bond acceptors (Lipinski definition) is 29. The number of benzene rings is 3. The van der Waals surface area contributed by atoms with Gasteiger partial charge in [0.25, 0.3) is 0 Å². The van der Waals surface area contributed by atoms with Crippen molar-refractivity contribution in [2.75, 3.05) is 103 Å². The highest BCUT2D eigenvalue weighted by atomic mass is 33.1. The van der Waals surface area contributed by atoms with E-state index in [1.165, 1.54) is 50.6 Å². The van der Waals surface area contributed by atoms with Gasteiger partial charge < -0.3 is 126 Å². The van der Waals surface area contributed by atoms with Crippen molar-refractivity contribution in [3.8, 4) is 0 Å². The maximum Gasteiger partial charge on any atom is 0.317 e. The van der Waals surface area contributed by atoms with Gasteiger partial charge in [0.05, 0.1) is 51.5 Å². The smallest absolute Gasteiger partial charge is 0.317 e. The normalized spacial score (nSPS) is 21.3. The number of amides is 16. The minimum Gasteiger partial charge on any atom is -0.481 e. The predicted octanol–water partition coefficient (Wildman–Crippen LogP) is -4.01. The van der Waals surface area contributed by atoms with Gasteiger partial charge in [-0.05, 0) is 110 Å². The number of primary amides is 2. The Hall–Kier alpha value is -14.7. The summed E-state index contributed by atoms with van der Waals surface area (Å²) in [4.78, 5) is 309. The number of aliphatic hydroxyl groups excluding tert-OH is 1. The number of aliphatic hydroxyl groups is 1. The maximum absolute atomic E-state index is 15.9. The zero-order valence-electron chi connectivity index (χ0n) is 83.2. The van der Waals surface area contributed by atoms with Crippen LogP contribution in [0.1, 0.15) is 120 Å². The van der Waals surface area contributed by atoms with Gasteiger partial charge in [-0.1, -0.05) is 102 Å². The average molecular weight is 2120 g/mol. The summed E-state index contributed by atoms with van der Waals surface area (Å²) in [7, 11) is 1.48. The van der Waals surface area contributed by atoms with Crippen LogP contribution < -0.4 is 80.6 Å². The fraction of sp³-hybridized carbons (Fsp3) is 0.510. The average Bonchev–Trinajstić information content (AvgIpc) is 1.69. The Kier molecular flexibility index (Phi) is 43.6. The van der Waals surface area contributed by atoms with E-state index in [-0.39, 0.29) is 149 Å². The Morgan fingerprint density at radius 2 is 1.09 bits per heavy atom. The van der Waals surface area contributed by atoms with Crippen LogP contribution in [0.25, 0.3) is 32.7 Å². The Morgan fingerprint density at radius 1 is 0.520 bits per heavy atom. The summed E-state index contributed by atoms with van der Waals surface area (Å²) in [6.45, 7) is 3.45. The number of carbonyl (C=O) groups is 20. The standard InChI is InChI=1S/C98H131N25O25S2/c1-54-87(137)110-71(42-77(99)126)90(140)111-68(38-57-24-25-58-15-7-8-18-60(58)37-57)88(138)112-70(41-63-46-101-53-106-63)89(139)113-72(43-79(128)129)91(141)115-75(52-150-149-51-74(93(143)107-54)116-97(147)84(59-16-5-4-6-17-59)118-96(146)83(55(2)124)117-92(142)69(108-56(3)125)39-61-44-104-66-21-10-9-19-64(61)66)94(144)114-73(40-62-45-105-86-65(62)20-13-27-103-86)98(148)123-28-14-23-76(123)95(145)109-67(85(100)136)22-11-12-26-102-78(127)47-119-29-31-120(48-80(130)131)33-35-122(50-82(134)135)36-34-121(32-30-119)49-81(132)133/h7-10,13,15,18-21,24-25,27,37,44-46,53-55,59,67-76,83-84,104,124H,4-6,11-12,14,16-17,22-23,26,28-36,38-43,47-52H2,1-3H3,(H2,99,126)(H2,100,136)(H,101,106)(H,102,127)(H,103,105)(H,107,143)(H,108,125)(H,109,145)(H,110,137)(H,111,140)(H,112,138)(H,113,139)(H,114,144)(H,115,141)(H,116,147)(H,117,142)(H,118,146)(H,128,129)(H,130,131)(H,132,133)(H,134,135)/t54-,55+,67+,68-,69-,70-,71-,72-,73-,74-,75-,76-,83?,84-/m0/s1. The second kappa shape index (κ2) is 56.6. The second-order valence-electron chi connectivity index (χ2n) is 37.8. The first-order valence-electron chi connectivity index (χ1n) is 49.6. The van der Waals surface area contributed by atoms with Crippen molar-refractivity contribution < 1.29 is 121 Å². The van der Waals surface area contributed by atoms with Crippen LogP contribution in [0.15, 0.2) is 110 Å². The van der Waals surface area contributed by atoms with Crippen molar-refractivity contribution in [3.63, 3.8) is 0 Å². The number of aromatic nitrogens is 5. The predicted molar refractivity (Wildman–Crippen MR) is 545 cm³/mol. The molecule has 4 fully saturated rings. The molecule has 50 nitrogen and oxygen atoms in total. The molecule has 1 saturated carbocycles. The van der Waals surface area contributed by atoms with E-state index >= 15 is 33.6 Å². The Bertz CT molecular complexity index is 5950. The molecule has 1 aliphatic carbocycles. The fourth-order valence-corrected chi connectivity index (χ4v) is 20.8. The number of likely N-dealkylation sites (tertiary alicyclic amines) is 1. The second-order valence-corrected chi connectivity index (χ2v) is 40.3. The highest BCUT2D eigenvalue weighted by Gasteiger charge is 2.44. The molecule has 25 N–H and O–H groups in total. The molecule has 4 aliphatic rings. The molecular weight excluding hydrogens is 1990 g/mol. The Morgan fingerprint density at radius 3 is 1.72 bits per heavy atom. The number of carboxylic acid groups (broad SMARTS) is 4. The summed E-state index contributed by atoms with van der Waals surface area (Å²) >= 11 is 0. The van der Waals surface area contributed by atoms with E-state index in [9.17, 15) is 87.9 Å². The molecule has 0 bridgehead atoms. The highest BCUT2D eigenvalue weighted by molar-refractivity contribution is 8.76. The molecule has 11 rings (SSSR count). The largest absolute Gasteiger partial charge is 0.481 e. The number of fused-ring (bicyclic) bond motifs is 3.